The molecule has 1 aliphatic rings. The van der Waals surface area contributed by atoms with E-state index >= 15 is 0 Å². The highest BCUT2D eigenvalue weighted by atomic mass is 19.1. The molecule has 1 saturated carbocycles. The van der Waals surface area contributed by atoms with E-state index in [2.05, 4.69) is 5.32 Å². The number of nitrogens with one attached hydrogen (secondary N) is 2. The Morgan fingerprint density at radius 2 is 1.85 bits per heavy atom. The summed E-state index contributed by atoms with van der Waals surface area (Å²) in [7, 11) is 1.65. The monoisotopic (exact) mass is 357 g/mol. The van der Waals surface area contributed by atoms with Gasteiger partial charge >= 0.3 is 0 Å². The minimum atomic E-state index is -0.192. The number of carbonyl (C=O) groups excluding carboxylic acids is 1. The molecule has 0 spiro atoms. The zero-order valence-electron chi connectivity index (χ0n) is 15.1. The summed E-state index contributed by atoms with van der Waals surface area (Å²) in [6.07, 6.45) is 2.94. The molecule has 26 heavy (non-hydrogen) atoms. The minimum absolute atomic E-state index is 0.0122. The number of ether oxygens (including phenoxy) is 1. The number of methoxy groups -OCH3 is 1. The summed E-state index contributed by atoms with van der Waals surface area (Å²) in [5.74, 6) is 0.659. The van der Waals surface area contributed by atoms with Crippen LogP contribution in [-0.4, -0.2) is 32.1 Å². The Kier molecular flexibility index (Phi) is 6.23. The Bertz CT molecular complexity index is 746. The number of amides is 1. The van der Waals surface area contributed by atoms with Gasteiger partial charge in [-0.3, -0.25) is 4.79 Å². The maximum Gasteiger partial charge on any atom is 0.275 e. The van der Waals surface area contributed by atoms with Gasteiger partial charge in [0, 0.05) is 24.9 Å². The van der Waals surface area contributed by atoms with Crippen LogP contribution in [-0.2, 0) is 17.8 Å². The molecule has 2 aromatic rings. The Balaban J connectivity index is 1.50. The van der Waals surface area contributed by atoms with Crippen LogP contribution in [0.25, 0.3) is 0 Å². The molecule has 3 rings (SSSR count). The standard InChI is InChI=1S/C21H25FN2O2/c1-26-20-9-5-3-6-16(20)12-13-23-21(25)15-24(18-10-11-18)14-17-7-2-4-8-19(17)22/h2-9,18H,10-15H2,1H3,(H,23,25)/p+1. The molecule has 1 unspecified atom stereocenters. The first-order valence-corrected chi connectivity index (χ1v) is 9.14. The smallest absolute Gasteiger partial charge is 0.275 e. The first-order valence-electron chi connectivity index (χ1n) is 9.14. The fourth-order valence-corrected chi connectivity index (χ4v) is 3.24. The van der Waals surface area contributed by atoms with Crippen LogP contribution >= 0.6 is 0 Å². The highest BCUT2D eigenvalue weighted by Gasteiger charge is 2.34. The van der Waals surface area contributed by atoms with Crippen molar-refractivity contribution in [3.8, 4) is 5.75 Å². The number of rotatable bonds is 9. The van der Waals surface area contributed by atoms with Crippen molar-refractivity contribution in [3.05, 3.63) is 65.5 Å². The van der Waals surface area contributed by atoms with Crippen LogP contribution in [0, 0.1) is 5.82 Å². The van der Waals surface area contributed by atoms with Crippen molar-refractivity contribution in [1.29, 1.82) is 0 Å². The third-order valence-corrected chi connectivity index (χ3v) is 4.83. The van der Waals surface area contributed by atoms with Crippen LogP contribution in [0.3, 0.4) is 0 Å². The van der Waals surface area contributed by atoms with E-state index in [1.165, 1.54) is 6.07 Å². The largest absolute Gasteiger partial charge is 0.496 e. The van der Waals surface area contributed by atoms with E-state index in [9.17, 15) is 9.18 Å². The second-order valence-electron chi connectivity index (χ2n) is 6.79. The number of para-hydroxylation sites is 1. The van der Waals surface area contributed by atoms with Gasteiger partial charge in [-0.25, -0.2) is 4.39 Å². The second kappa shape index (κ2) is 8.81. The quantitative estimate of drug-likeness (QED) is 0.718. The zero-order valence-corrected chi connectivity index (χ0v) is 15.1. The summed E-state index contributed by atoms with van der Waals surface area (Å²) in [5, 5.41) is 2.99. The van der Waals surface area contributed by atoms with Crippen LogP contribution in [0.5, 0.6) is 5.75 Å². The van der Waals surface area contributed by atoms with Crippen molar-refractivity contribution < 1.29 is 18.8 Å². The van der Waals surface area contributed by atoms with E-state index < -0.39 is 0 Å². The van der Waals surface area contributed by atoms with E-state index in [0.717, 1.165) is 35.5 Å². The average molecular weight is 357 g/mol. The van der Waals surface area contributed by atoms with Gasteiger partial charge in [0.1, 0.15) is 18.1 Å². The lowest BCUT2D eigenvalue weighted by Gasteiger charge is -2.19. The first-order chi connectivity index (χ1) is 12.7. The Morgan fingerprint density at radius 3 is 2.54 bits per heavy atom. The maximum atomic E-state index is 13.9. The molecule has 0 radical (unpaired) electrons. The molecule has 1 fully saturated rings. The van der Waals surface area contributed by atoms with Crippen molar-refractivity contribution in [2.24, 2.45) is 0 Å². The Labute approximate surface area is 154 Å². The van der Waals surface area contributed by atoms with Gasteiger partial charge in [-0.1, -0.05) is 36.4 Å². The van der Waals surface area contributed by atoms with E-state index in [0.29, 0.717) is 31.2 Å². The van der Waals surface area contributed by atoms with Crippen molar-refractivity contribution in [2.75, 3.05) is 20.2 Å². The number of benzene rings is 2. The Hall–Kier alpha value is -2.40. The maximum absolute atomic E-state index is 13.9. The summed E-state index contributed by atoms with van der Waals surface area (Å²) < 4.78 is 19.2. The normalized spacial score (nSPS) is 14.7. The molecule has 5 heteroatoms. The van der Waals surface area contributed by atoms with Gasteiger partial charge in [-0.05, 0) is 24.1 Å². The van der Waals surface area contributed by atoms with Crippen LogP contribution in [0.2, 0.25) is 0 Å². The first kappa shape index (κ1) is 18.4. The van der Waals surface area contributed by atoms with Gasteiger partial charge < -0.3 is 15.0 Å². The molecule has 2 N–H and O–H groups in total. The molecule has 0 heterocycles. The SMILES string of the molecule is COc1ccccc1CCNC(=O)C[NH+](Cc1ccccc1F)C1CC1. The molecular formula is C21H26FN2O2+. The van der Waals surface area contributed by atoms with E-state index in [1.54, 1.807) is 19.2 Å². The summed E-state index contributed by atoms with van der Waals surface area (Å²) in [4.78, 5) is 13.5. The highest BCUT2D eigenvalue weighted by molar-refractivity contribution is 5.76. The van der Waals surface area contributed by atoms with Gasteiger partial charge in [0.25, 0.3) is 5.91 Å². The number of halogens is 1. The predicted molar refractivity (Wildman–Crippen MR) is 98.7 cm³/mol. The lowest BCUT2D eigenvalue weighted by molar-refractivity contribution is -0.917. The highest BCUT2D eigenvalue weighted by Crippen LogP contribution is 2.17. The van der Waals surface area contributed by atoms with Gasteiger partial charge in [0.05, 0.1) is 13.2 Å². The van der Waals surface area contributed by atoms with Gasteiger partial charge in [-0.15, -0.1) is 0 Å². The molecular weight excluding hydrogens is 331 g/mol. The van der Waals surface area contributed by atoms with Crippen LogP contribution in [0.4, 0.5) is 4.39 Å². The molecule has 1 atom stereocenters. The fourth-order valence-electron chi connectivity index (χ4n) is 3.24. The lowest BCUT2D eigenvalue weighted by atomic mass is 10.1. The van der Waals surface area contributed by atoms with Crippen molar-refractivity contribution in [3.63, 3.8) is 0 Å². The van der Waals surface area contributed by atoms with E-state index in [1.807, 2.05) is 30.3 Å². The second-order valence-corrected chi connectivity index (χ2v) is 6.79. The minimum Gasteiger partial charge on any atom is -0.496 e. The average Bonchev–Trinajstić information content (AvgIpc) is 3.48. The fraction of sp³-hybridized carbons (Fsp3) is 0.381. The molecule has 0 saturated heterocycles. The molecule has 2 aromatic carbocycles. The van der Waals surface area contributed by atoms with Gasteiger partial charge in [0.2, 0.25) is 0 Å². The van der Waals surface area contributed by atoms with Crippen molar-refractivity contribution in [2.45, 2.75) is 31.8 Å². The number of hydrogen-bond acceptors (Lipinski definition) is 2. The molecule has 0 bridgehead atoms. The number of hydrogen-bond donors (Lipinski definition) is 2. The predicted octanol–water partition coefficient (Wildman–Crippen LogP) is 1.74. The molecule has 4 nitrogen and oxygen atoms in total. The summed E-state index contributed by atoms with van der Waals surface area (Å²) in [5.41, 5.74) is 1.75. The third-order valence-electron chi connectivity index (χ3n) is 4.83. The summed E-state index contributed by atoms with van der Waals surface area (Å²) in [6, 6.07) is 15.1. The summed E-state index contributed by atoms with van der Waals surface area (Å²) >= 11 is 0. The number of carbonyl (C=O) groups is 1. The molecule has 0 aromatic heterocycles. The van der Waals surface area contributed by atoms with Crippen LogP contribution < -0.4 is 15.0 Å². The van der Waals surface area contributed by atoms with Crippen molar-refractivity contribution in [1.82, 2.24) is 5.32 Å². The molecule has 1 amide bonds. The van der Waals surface area contributed by atoms with Gasteiger partial charge in [-0.2, -0.15) is 0 Å². The van der Waals surface area contributed by atoms with E-state index in [4.69, 9.17) is 4.74 Å². The van der Waals surface area contributed by atoms with Crippen molar-refractivity contribution >= 4 is 5.91 Å². The lowest BCUT2D eigenvalue weighted by Crippen LogP contribution is -3.13. The summed E-state index contributed by atoms with van der Waals surface area (Å²) in [6.45, 7) is 1.50. The van der Waals surface area contributed by atoms with Crippen LogP contribution in [0.15, 0.2) is 48.5 Å². The number of quaternary nitrogens is 1. The Morgan fingerprint density at radius 1 is 1.15 bits per heavy atom. The van der Waals surface area contributed by atoms with E-state index in [-0.39, 0.29) is 11.7 Å². The molecule has 138 valence electrons. The molecule has 1 aliphatic carbocycles. The van der Waals surface area contributed by atoms with Crippen LogP contribution in [0.1, 0.15) is 24.0 Å². The molecule has 0 aliphatic heterocycles. The van der Waals surface area contributed by atoms with Gasteiger partial charge in [0.15, 0.2) is 6.54 Å². The third kappa shape index (κ3) is 5.05. The zero-order chi connectivity index (χ0) is 18.4. The topological polar surface area (TPSA) is 42.8 Å².